The minimum absolute atomic E-state index is 0.222. The van der Waals surface area contributed by atoms with Gasteiger partial charge in [0, 0.05) is 0 Å². The molecular weight excluding hydrogens is 234 g/mol. The van der Waals surface area contributed by atoms with Crippen LogP contribution in [0.3, 0.4) is 0 Å². The van der Waals surface area contributed by atoms with Crippen LogP contribution < -0.4 is 5.32 Å². The molecule has 0 atom stereocenters. The predicted molar refractivity (Wildman–Crippen MR) is 70.1 cm³/mol. The summed E-state index contributed by atoms with van der Waals surface area (Å²) >= 11 is 5.81. The van der Waals surface area contributed by atoms with E-state index in [4.69, 9.17) is 11.6 Å². The Kier molecular flexibility index (Phi) is 3.29. The zero-order valence-electron chi connectivity index (χ0n) is 9.81. The molecule has 0 unspecified atom stereocenters. The van der Waals surface area contributed by atoms with Gasteiger partial charge >= 0.3 is 0 Å². The summed E-state index contributed by atoms with van der Waals surface area (Å²) in [4.78, 5) is 8.18. The van der Waals surface area contributed by atoms with E-state index >= 15 is 0 Å². The van der Waals surface area contributed by atoms with Crippen molar-refractivity contribution in [2.45, 2.75) is 19.4 Å². The minimum atomic E-state index is -0.222. The van der Waals surface area contributed by atoms with Crippen molar-refractivity contribution in [3.63, 3.8) is 0 Å². The first-order valence-corrected chi connectivity index (χ1v) is 5.77. The summed E-state index contributed by atoms with van der Waals surface area (Å²) in [5.41, 5.74) is 0.961. The second-order valence-electron chi connectivity index (χ2n) is 4.34. The van der Waals surface area contributed by atoms with Crippen molar-refractivity contribution in [1.29, 1.82) is 0 Å². The number of nitrogens with zero attached hydrogens (tertiary/aromatic N) is 2. The molecule has 17 heavy (non-hydrogen) atoms. The Morgan fingerprint density at radius 3 is 2.47 bits per heavy atom. The van der Waals surface area contributed by atoms with Gasteiger partial charge in [0.1, 0.15) is 11.0 Å². The Morgan fingerprint density at radius 2 is 1.82 bits per heavy atom. The van der Waals surface area contributed by atoms with Gasteiger partial charge in [0.05, 0.1) is 17.9 Å². The Balaban J connectivity index is 2.23. The summed E-state index contributed by atoms with van der Waals surface area (Å²) in [7, 11) is 0. The Bertz CT molecular complexity index is 497. The molecule has 0 spiro atoms. The van der Waals surface area contributed by atoms with Gasteiger partial charge < -0.3 is 5.32 Å². The quantitative estimate of drug-likeness (QED) is 0.903. The summed E-state index contributed by atoms with van der Waals surface area (Å²) < 4.78 is 0. The first kappa shape index (κ1) is 11.9. The normalized spacial score (nSPS) is 11.2. The third-order valence-electron chi connectivity index (χ3n) is 2.54. The van der Waals surface area contributed by atoms with Crippen LogP contribution in [0.2, 0.25) is 5.15 Å². The lowest BCUT2D eigenvalue weighted by Crippen LogP contribution is -2.28. The highest BCUT2D eigenvalue weighted by atomic mass is 35.5. The molecule has 0 fully saturated rings. The SMILES string of the molecule is CC(C)(Nc1cncc(Cl)n1)c1ccccc1. The van der Waals surface area contributed by atoms with E-state index in [0.29, 0.717) is 11.0 Å². The van der Waals surface area contributed by atoms with E-state index in [1.54, 1.807) is 6.20 Å². The summed E-state index contributed by atoms with van der Waals surface area (Å²) in [5, 5.41) is 3.71. The van der Waals surface area contributed by atoms with Gasteiger partial charge in [-0.15, -0.1) is 0 Å². The number of benzene rings is 1. The van der Waals surface area contributed by atoms with Crippen molar-refractivity contribution < 1.29 is 0 Å². The fraction of sp³-hybridized carbons (Fsp3) is 0.231. The zero-order valence-corrected chi connectivity index (χ0v) is 10.6. The number of aromatic nitrogens is 2. The Labute approximate surface area is 106 Å². The van der Waals surface area contributed by atoms with Gasteiger partial charge in [0.15, 0.2) is 0 Å². The van der Waals surface area contributed by atoms with Crippen LogP contribution in [0.4, 0.5) is 5.82 Å². The number of nitrogens with one attached hydrogen (secondary N) is 1. The molecular formula is C13H14ClN3. The molecule has 0 aliphatic carbocycles. The van der Waals surface area contributed by atoms with Gasteiger partial charge in [0.25, 0.3) is 0 Å². The lowest BCUT2D eigenvalue weighted by atomic mass is 9.94. The van der Waals surface area contributed by atoms with Gasteiger partial charge in [-0.3, -0.25) is 4.98 Å². The fourth-order valence-corrected chi connectivity index (χ4v) is 1.80. The lowest BCUT2D eigenvalue weighted by Gasteiger charge is -2.27. The molecule has 88 valence electrons. The van der Waals surface area contributed by atoms with Crippen LogP contribution in [0.5, 0.6) is 0 Å². The van der Waals surface area contributed by atoms with E-state index in [-0.39, 0.29) is 5.54 Å². The molecule has 1 heterocycles. The van der Waals surface area contributed by atoms with Gasteiger partial charge in [-0.2, -0.15) is 0 Å². The molecule has 1 aromatic carbocycles. The topological polar surface area (TPSA) is 37.8 Å². The first-order chi connectivity index (χ1) is 8.08. The highest BCUT2D eigenvalue weighted by Gasteiger charge is 2.20. The fourth-order valence-electron chi connectivity index (χ4n) is 1.65. The van der Waals surface area contributed by atoms with Gasteiger partial charge in [-0.05, 0) is 19.4 Å². The molecule has 2 aromatic rings. The lowest BCUT2D eigenvalue weighted by molar-refractivity contribution is 0.605. The zero-order chi connectivity index (χ0) is 12.3. The van der Waals surface area contributed by atoms with Gasteiger partial charge in [-0.25, -0.2) is 4.98 Å². The van der Waals surface area contributed by atoms with E-state index in [0.717, 1.165) is 0 Å². The third kappa shape index (κ3) is 2.94. The van der Waals surface area contributed by atoms with Crippen molar-refractivity contribution in [3.05, 3.63) is 53.4 Å². The number of rotatable bonds is 3. The van der Waals surface area contributed by atoms with Gasteiger partial charge in [0.2, 0.25) is 0 Å². The van der Waals surface area contributed by atoms with Crippen LogP contribution in [0.15, 0.2) is 42.7 Å². The molecule has 0 radical (unpaired) electrons. The first-order valence-electron chi connectivity index (χ1n) is 5.39. The number of hydrogen-bond acceptors (Lipinski definition) is 3. The monoisotopic (exact) mass is 247 g/mol. The number of halogens is 1. The smallest absolute Gasteiger partial charge is 0.149 e. The van der Waals surface area contributed by atoms with E-state index in [9.17, 15) is 0 Å². The van der Waals surface area contributed by atoms with Crippen molar-refractivity contribution >= 4 is 17.4 Å². The molecule has 0 saturated heterocycles. The van der Waals surface area contributed by atoms with Crippen molar-refractivity contribution in [2.75, 3.05) is 5.32 Å². The summed E-state index contributed by atoms with van der Waals surface area (Å²) in [6, 6.07) is 10.2. The van der Waals surface area contributed by atoms with Crippen LogP contribution in [-0.4, -0.2) is 9.97 Å². The summed E-state index contributed by atoms with van der Waals surface area (Å²) in [5.74, 6) is 0.673. The predicted octanol–water partition coefficient (Wildman–Crippen LogP) is 3.48. The summed E-state index contributed by atoms with van der Waals surface area (Å²) in [6.45, 7) is 4.18. The molecule has 4 heteroatoms. The molecule has 1 N–H and O–H groups in total. The second kappa shape index (κ2) is 4.72. The molecule has 2 rings (SSSR count). The molecule has 1 aromatic heterocycles. The van der Waals surface area contributed by atoms with Crippen LogP contribution in [-0.2, 0) is 5.54 Å². The summed E-state index contributed by atoms with van der Waals surface area (Å²) in [6.07, 6.45) is 3.18. The average Bonchev–Trinajstić information content (AvgIpc) is 2.29. The van der Waals surface area contributed by atoms with Crippen molar-refractivity contribution in [1.82, 2.24) is 9.97 Å². The van der Waals surface area contributed by atoms with Gasteiger partial charge in [-0.1, -0.05) is 41.9 Å². The Hall–Kier alpha value is -1.61. The van der Waals surface area contributed by atoms with Crippen LogP contribution in [0, 0.1) is 0 Å². The molecule has 0 amide bonds. The van der Waals surface area contributed by atoms with E-state index in [2.05, 4.69) is 41.3 Å². The van der Waals surface area contributed by atoms with E-state index in [1.165, 1.54) is 11.8 Å². The number of hydrogen-bond donors (Lipinski definition) is 1. The van der Waals surface area contributed by atoms with Crippen LogP contribution in [0.1, 0.15) is 19.4 Å². The molecule has 0 saturated carbocycles. The highest BCUT2D eigenvalue weighted by Crippen LogP contribution is 2.24. The van der Waals surface area contributed by atoms with E-state index < -0.39 is 0 Å². The Morgan fingerprint density at radius 1 is 1.12 bits per heavy atom. The van der Waals surface area contributed by atoms with Crippen LogP contribution >= 0.6 is 11.6 Å². The maximum atomic E-state index is 5.81. The highest BCUT2D eigenvalue weighted by molar-refractivity contribution is 6.29. The maximum absolute atomic E-state index is 5.81. The molecule has 3 nitrogen and oxygen atoms in total. The van der Waals surface area contributed by atoms with Crippen molar-refractivity contribution in [2.24, 2.45) is 0 Å². The van der Waals surface area contributed by atoms with E-state index in [1.807, 2.05) is 18.2 Å². The second-order valence-corrected chi connectivity index (χ2v) is 4.73. The average molecular weight is 248 g/mol. The standard InChI is InChI=1S/C13H14ClN3/c1-13(2,10-6-4-3-5-7-10)17-12-9-15-8-11(14)16-12/h3-9H,1-2H3,(H,16,17). The van der Waals surface area contributed by atoms with Crippen LogP contribution in [0.25, 0.3) is 0 Å². The molecule has 0 bridgehead atoms. The van der Waals surface area contributed by atoms with Crippen molar-refractivity contribution in [3.8, 4) is 0 Å². The largest absolute Gasteiger partial charge is 0.360 e. The molecule has 0 aliphatic rings. The molecule has 0 aliphatic heterocycles. The third-order valence-corrected chi connectivity index (χ3v) is 2.72. The number of anilines is 1. The minimum Gasteiger partial charge on any atom is -0.360 e. The maximum Gasteiger partial charge on any atom is 0.149 e.